The highest BCUT2D eigenvalue weighted by Crippen LogP contribution is 2.37. The molecule has 2 aromatic carbocycles. The van der Waals surface area contributed by atoms with Crippen LogP contribution in [0.4, 0.5) is 0 Å². The molecule has 3 rings (SSSR count). The second-order valence-electron chi connectivity index (χ2n) is 6.48. The quantitative estimate of drug-likeness (QED) is 0.911. The van der Waals surface area contributed by atoms with E-state index in [2.05, 4.69) is 4.72 Å². The fraction of sp³-hybridized carbons (Fsp3) is 0.316. The zero-order chi connectivity index (χ0) is 18.2. The number of ketones is 1. The number of aryl methyl sites for hydroxylation is 2. The molecule has 25 heavy (non-hydrogen) atoms. The summed E-state index contributed by atoms with van der Waals surface area (Å²) in [5, 5.41) is 0. The maximum absolute atomic E-state index is 12.8. The van der Waals surface area contributed by atoms with Crippen molar-refractivity contribution in [1.29, 1.82) is 0 Å². The molecule has 0 spiro atoms. The summed E-state index contributed by atoms with van der Waals surface area (Å²) < 4.78 is 34.0. The van der Waals surface area contributed by atoms with Crippen LogP contribution in [0.25, 0.3) is 0 Å². The Labute approximate surface area is 148 Å². The number of rotatable bonds is 4. The van der Waals surface area contributed by atoms with Gasteiger partial charge in [-0.25, -0.2) is 13.1 Å². The average Bonchev–Trinajstić information content (AvgIpc) is 2.55. The Bertz CT molecular complexity index is 904. The number of ether oxygens (including phenoxy) is 1. The predicted octanol–water partition coefficient (Wildman–Crippen LogP) is 2.92. The number of carbonyl (C=O) groups is 1. The lowest BCUT2D eigenvalue weighted by Crippen LogP contribution is -2.41. The molecule has 6 heteroatoms. The first-order valence-corrected chi connectivity index (χ1v) is 9.59. The van der Waals surface area contributed by atoms with Crippen LogP contribution in [0.3, 0.4) is 0 Å². The van der Waals surface area contributed by atoms with Gasteiger partial charge in [0, 0.05) is 5.56 Å². The van der Waals surface area contributed by atoms with Crippen molar-refractivity contribution in [2.24, 2.45) is 5.92 Å². The number of nitrogens with one attached hydrogen (secondary N) is 1. The largest absolute Gasteiger partial charge is 0.492 e. The lowest BCUT2D eigenvalue weighted by molar-refractivity contribution is -0.123. The van der Waals surface area contributed by atoms with Gasteiger partial charge in [0.1, 0.15) is 11.5 Å². The number of Topliss-reactive ketones (excluding diaryl/α,β-unsaturated/α-hetero) is 1. The summed E-state index contributed by atoms with van der Waals surface area (Å²) in [5.41, 5.74) is 2.65. The van der Waals surface area contributed by atoms with Crippen LogP contribution >= 0.6 is 0 Å². The van der Waals surface area contributed by atoms with E-state index in [1.807, 2.05) is 32.0 Å². The van der Waals surface area contributed by atoms with Crippen LogP contribution in [0, 0.1) is 19.8 Å². The van der Waals surface area contributed by atoms with Crippen LogP contribution in [-0.2, 0) is 14.8 Å². The van der Waals surface area contributed by atoms with E-state index in [0.29, 0.717) is 11.3 Å². The van der Waals surface area contributed by atoms with E-state index in [0.717, 1.165) is 11.1 Å². The fourth-order valence-corrected chi connectivity index (χ4v) is 4.24. The zero-order valence-electron chi connectivity index (χ0n) is 14.4. The van der Waals surface area contributed by atoms with E-state index >= 15 is 0 Å². The van der Waals surface area contributed by atoms with Gasteiger partial charge < -0.3 is 4.74 Å². The van der Waals surface area contributed by atoms with Gasteiger partial charge in [-0.1, -0.05) is 35.4 Å². The second kappa shape index (κ2) is 6.61. The summed E-state index contributed by atoms with van der Waals surface area (Å²) in [7, 11) is -3.76. The molecule has 0 saturated carbocycles. The monoisotopic (exact) mass is 359 g/mol. The van der Waals surface area contributed by atoms with Crippen LogP contribution in [0.2, 0.25) is 0 Å². The highest BCUT2D eigenvalue weighted by atomic mass is 32.2. The van der Waals surface area contributed by atoms with Gasteiger partial charge in [-0.15, -0.1) is 0 Å². The number of hydrogen-bond acceptors (Lipinski definition) is 4. The third kappa shape index (κ3) is 3.60. The van der Waals surface area contributed by atoms with Crippen molar-refractivity contribution >= 4 is 15.8 Å². The Hall–Kier alpha value is -2.18. The van der Waals surface area contributed by atoms with Crippen molar-refractivity contribution in [3.63, 3.8) is 0 Å². The standard InChI is InChI=1S/C19H21NO4S/c1-12-4-7-15(8-5-12)25(22,23)20-19-16-10-13(2)6-9-18(16)24-11-17(19)14(3)21/h4-10,17,19-20H,11H2,1-3H3. The molecular weight excluding hydrogens is 338 g/mol. The molecule has 0 bridgehead atoms. The molecule has 1 heterocycles. The van der Waals surface area contributed by atoms with Crippen LogP contribution in [0.1, 0.15) is 29.7 Å². The summed E-state index contributed by atoms with van der Waals surface area (Å²) in [4.78, 5) is 12.2. The van der Waals surface area contributed by atoms with E-state index in [4.69, 9.17) is 4.74 Å². The summed E-state index contributed by atoms with van der Waals surface area (Å²) in [6.07, 6.45) is 0. The molecule has 2 unspecified atom stereocenters. The van der Waals surface area contributed by atoms with Gasteiger partial charge >= 0.3 is 0 Å². The predicted molar refractivity (Wildman–Crippen MR) is 95.1 cm³/mol. The Morgan fingerprint density at radius 3 is 2.36 bits per heavy atom. The third-order valence-corrected chi connectivity index (χ3v) is 5.91. The summed E-state index contributed by atoms with van der Waals surface area (Å²) in [6, 6.07) is 11.6. The van der Waals surface area contributed by atoms with E-state index < -0.39 is 22.0 Å². The first kappa shape index (κ1) is 17.6. The molecule has 132 valence electrons. The fourth-order valence-electron chi connectivity index (χ4n) is 2.99. The molecule has 0 saturated heterocycles. The molecule has 1 aliphatic rings. The van der Waals surface area contributed by atoms with Crippen LogP contribution < -0.4 is 9.46 Å². The van der Waals surface area contributed by atoms with E-state index in [1.54, 1.807) is 24.3 Å². The van der Waals surface area contributed by atoms with Gasteiger partial charge in [-0.2, -0.15) is 0 Å². The van der Waals surface area contributed by atoms with Crippen molar-refractivity contribution in [3.8, 4) is 5.75 Å². The molecule has 0 aliphatic carbocycles. The van der Waals surface area contributed by atoms with E-state index in [9.17, 15) is 13.2 Å². The summed E-state index contributed by atoms with van der Waals surface area (Å²) >= 11 is 0. The zero-order valence-corrected chi connectivity index (χ0v) is 15.3. The minimum atomic E-state index is -3.76. The normalized spacial score (nSPS) is 19.8. The minimum absolute atomic E-state index is 0.108. The van der Waals surface area contributed by atoms with Gasteiger partial charge in [0.25, 0.3) is 0 Å². The lowest BCUT2D eigenvalue weighted by atomic mass is 9.88. The first-order chi connectivity index (χ1) is 11.8. The van der Waals surface area contributed by atoms with Crippen LogP contribution in [0.5, 0.6) is 5.75 Å². The minimum Gasteiger partial charge on any atom is -0.492 e. The van der Waals surface area contributed by atoms with Gasteiger partial charge in [0.05, 0.1) is 23.5 Å². The van der Waals surface area contributed by atoms with Crippen molar-refractivity contribution in [2.75, 3.05) is 6.61 Å². The van der Waals surface area contributed by atoms with Crippen molar-refractivity contribution in [1.82, 2.24) is 4.72 Å². The number of carbonyl (C=O) groups excluding carboxylic acids is 1. The maximum atomic E-state index is 12.8. The molecule has 5 nitrogen and oxygen atoms in total. The molecule has 0 amide bonds. The topological polar surface area (TPSA) is 72.5 Å². The van der Waals surface area contributed by atoms with Gasteiger partial charge in [0.2, 0.25) is 10.0 Å². The average molecular weight is 359 g/mol. The number of benzene rings is 2. The molecule has 0 radical (unpaired) electrons. The van der Waals surface area contributed by atoms with E-state index in [1.165, 1.54) is 6.92 Å². The molecule has 1 N–H and O–H groups in total. The SMILES string of the molecule is CC(=O)C1COc2ccc(C)cc2C1NS(=O)(=O)c1ccc(C)cc1. The summed E-state index contributed by atoms with van der Waals surface area (Å²) in [6.45, 7) is 5.44. The lowest BCUT2D eigenvalue weighted by Gasteiger charge is -2.32. The second-order valence-corrected chi connectivity index (χ2v) is 8.20. The van der Waals surface area contributed by atoms with E-state index in [-0.39, 0.29) is 17.3 Å². The van der Waals surface area contributed by atoms with Gasteiger partial charge in [-0.05, 0) is 39.0 Å². The Balaban J connectivity index is 2.02. The van der Waals surface area contributed by atoms with Crippen molar-refractivity contribution < 1.29 is 17.9 Å². The van der Waals surface area contributed by atoms with Gasteiger partial charge in [0.15, 0.2) is 0 Å². The highest BCUT2D eigenvalue weighted by Gasteiger charge is 2.37. The van der Waals surface area contributed by atoms with Gasteiger partial charge in [-0.3, -0.25) is 4.79 Å². The Kier molecular flexibility index (Phi) is 4.67. The number of hydrogen-bond donors (Lipinski definition) is 1. The van der Waals surface area contributed by atoms with Crippen molar-refractivity contribution in [3.05, 3.63) is 59.2 Å². The molecule has 1 aliphatic heterocycles. The Morgan fingerprint density at radius 2 is 1.72 bits per heavy atom. The number of fused-ring (bicyclic) bond motifs is 1. The molecule has 0 aromatic heterocycles. The first-order valence-electron chi connectivity index (χ1n) is 8.11. The molecule has 2 atom stereocenters. The highest BCUT2D eigenvalue weighted by molar-refractivity contribution is 7.89. The van der Waals surface area contributed by atoms with Crippen molar-refractivity contribution in [2.45, 2.75) is 31.7 Å². The van der Waals surface area contributed by atoms with Crippen LogP contribution in [0.15, 0.2) is 47.4 Å². The maximum Gasteiger partial charge on any atom is 0.241 e. The number of sulfonamides is 1. The van der Waals surface area contributed by atoms with Crippen LogP contribution in [-0.4, -0.2) is 20.8 Å². The molecule has 0 fully saturated rings. The smallest absolute Gasteiger partial charge is 0.241 e. The molecular formula is C19H21NO4S. The Morgan fingerprint density at radius 1 is 1.08 bits per heavy atom. The molecule has 2 aromatic rings. The third-order valence-electron chi connectivity index (χ3n) is 4.46. The summed E-state index contributed by atoms with van der Waals surface area (Å²) in [5.74, 6) is -0.0574.